The molecule has 0 aliphatic heterocycles. The van der Waals surface area contributed by atoms with Crippen molar-refractivity contribution in [3.05, 3.63) is 151 Å². The third kappa shape index (κ3) is 5.88. The van der Waals surface area contributed by atoms with E-state index in [4.69, 9.17) is 9.97 Å². The minimum atomic E-state index is 0.0538. The van der Waals surface area contributed by atoms with Crippen LogP contribution in [0.5, 0.6) is 0 Å². The molecule has 0 aliphatic rings. The summed E-state index contributed by atoms with van der Waals surface area (Å²) >= 11 is 0. The highest BCUT2D eigenvalue weighted by Crippen LogP contribution is 2.30. The van der Waals surface area contributed by atoms with E-state index in [0.29, 0.717) is 5.95 Å². The van der Waals surface area contributed by atoms with Gasteiger partial charge in [-0.3, -0.25) is 0 Å². The molecule has 0 fully saturated rings. The Bertz CT molecular complexity index is 1590. The first-order chi connectivity index (χ1) is 18.7. The van der Waals surface area contributed by atoms with Crippen molar-refractivity contribution in [3.8, 4) is 0 Å². The highest BCUT2D eigenvalue weighted by molar-refractivity contribution is 5.84. The fourth-order valence-corrected chi connectivity index (χ4v) is 4.35. The van der Waals surface area contributed by atoms with Gasteiger partial charge in [0, 0.05) is 17.0 Å². The van der Waals surface area contributed by atoms with Crippen LogP contribution in [-0.4, -0.2) is 9.97 Å². The number of nitrogens with one attached hydrogen (secondary N) is 2. The molecular weight excluding hydrogens is 464 g/mol. The number of allylic oxidation sites excluding steroid dienone is 5. The number of hydrogen-bond acceptors (Lipinski definition) is 4. The Morgan fingerprint density at radius 3 is 2.11 bits per heavy atom. The number of fused-ring (bicyclic) bond motifs is 1. The summed E-state index contributed by atoms with van der Waals surface area (Å²) in [5, 5.41) is 7.98. The summed E-state index contributed by atoms with van der Waals surface area (Å²) in [6.45, 7) is 6.06. The number of nitrogens with zero attached hydrogens (tertiary/aromatic N) is 2. The number of hydrogen-bond donors (Lipinski definition) is 2. The van der Waals surface area contributed by atoms with Gasteiger partial charge in [0.1, 0.15) is 0 Å². The first kappa shape index (κ1) is 24.7. The summed E-state index contributed by atoms with van der Waals surface area (Å²) in [6.07, 6.45) is 8.18. The topological polar surface area (TPSA) is 49.8 Å². The van der Waals surface area contributed by atoms with E-state index in [0.717, 1.165) is 44.8 Å². The molecule has 0 radical (unpaired) electrons. The Balaban J connectivity index is 1.47. The second kappa shape index (κ2) is 11.8. The lowest BCUT2D eigenvalue weighted by Crippen LogP contribution is -2.05. The predicted molar refractivity (Wildman–Crippen MR) is 161 cm³/mol. The standard InChI is InChI=1S/C34H30N4/c1-3-14-26(27-15-6-4-7-16-27)24-23-25(2)33-29-19-10-11-20-30(29)36-34(38-33)37-32-22-13-12-21-31(32)35-28-17-8-5-9-18-28/h3-25,35H,1H2,2H3,(H,36,37,38)/b24-23-,26-14+. The van der Waals surface area contributed by atoms with E-state index in [-0.39, 0.29) is 5.92 Å². The molecule has 0 saturated carbocycles. The van der Waals surface area contributed by atoms with Crippen LogP contribution >= 0.6 is 0 Å². The van der Waals surface area contributed by atoms with Gasteiger partial charge in [-0.15, -0.1) is 0 Å². The molecule has 38 heavy (non-hydrogen) atoms. The Kier molecular flexibility index (Phi) is 7.71. The molecule has 4 nitrogen and oxygen atoms in total. The Morgan fingerprint density at radius 1 is 0.737 bits per heavy atom. The van der Waals surface area contributed by atoms with Crippen molar-refractivity contribution in [1.82, 2.24) is 9.97 Å². The minimum Gasteiger partial charge on any atom is -0.354 e. The fraction of sp³-hybridized carbons (Fsp3) is 0.0588. The zero-order chi connectivity index (χ0) is 26.2. The molecule has 5 rings (SSSR count). The molecular formula is C34H30N4. The van der Waals surface area contributed by atoms with Crippen molar-refractivity contribution in [2.45, 2.75) is 12.8 Å². The van der Waals surface area contributed by atoms with Crippen molar-refractivity contribution in [2.75, 3.05) is 10.6 Å². The maximum Gasteiger partial charge on any atom is 0.228 e. The highest BCUT2D eigenvalue weighted by atomic mass is 15.1. The van der Waals surface area contributed by atoms with Crippen LogP contribution in [0.1, 0.15) is 24.1 Å². The van der Waals surface area contributed by atoms with E-state index in [1.54, 1.807) is 0 Å². The van der Waals surface area contributed by atoms with Gasteiger partial charge < -0.3 is 10.6 Å². The molecule has 4 heteroatoms. The molecule has 0 bridgehead atoms. The first-order valence-electron chi connectivity index (χ1n) is 12.7. The lowest BCUT2D eigenvalue weighted by atomic mass is 9.99. The molecule has 1 heterocycles. The average Bonchev–Trinajstić information content (AvgIpc) is 2.97. The molecule has 4 aromatic carbocycles. The smallest absolute Gasteiger partial charge is 0.228 e. The number of rotatable bonds is 9. The largest absolute Gasteiger partial charge is 0.354 e. The molecule has 0 spiro atoms. The van der Waals surface area contributed by atoms with Gasteiger partial charge in [0.2, 0.25) is 5.95 Å². The second-order valence-corrected chi connectivity index (χ2v) is 8.98. The van der Waals surface area contributed by atoms with Gasteiger partial charge in [0.05, 0.1) is 22.6 Å². The van der Waals surface area contributed by atoms with Gasteiger partial charge in [-0.25, -0.2) is 9.97 Å². The summed E-state index contributed by atoms with van der Waals surface area (Å²) in [5.41, 5.74) is 6.99. The third-order valence-electron chi connectivity index (χ3n) is 6.26. The summed E-state index contributed by atoms with van der Waals surface area (Å²) in [5.74, 6) is 0.615. The zero-order valence-corrected chi connectivity index (χ0v) is 21.4. The molecule has 0 saturated heterocycles. The highest BCUT2D eigenvalue weighted by Gasteiger charge is 2.14. The van der Waals surface area contributed by atoms with Gasteiger partial charge in [0.15, 0.2) is 0 Å². The number of benzene rings is 4. The van der Waals surface area contributed by atoms with E-state index < -0.39 is 0 Å². The van der Waals surface area contributed by atoms with E-state index >= 15 is 0 Å². The molecule has 1 unspecified atom stereocenters. The third-order valence-corrected chi connectivity index (χ3v) is 6.26. The Labute approximate surface area is 224 Å². The summed E-state index contributed by atoms with van der Waals surface area (Å²) < 4.78 is 0. The lowest BCUT2D eigenvalue weighted by molar-refractivity contribution is 0.915. The molecule has 5 aromatic rings. The molecule has 1 aromatic heterocycles. The Hall–Kier alpha value is -4.96. The predicted octanol–water partition coefficient (Wildman–Crippen LogP) is 9.05. The van der Waals surface area contributed by atoms with Gasteiger partial charge in [-0.1, -0.05) is 117 Å². The summed E-state index contributed by atoms with van der Waals surface area (Å²) in [6, 6.07) is 36.7. The van der Waals surface area contributed by atoms with Crippen molar-refractivity contribution in [2.24, 2.45) is 0 Å². The van der Waals surface area contributed by atoms with Gasteiger partial charge >= 0.3 is 0 Å². The van der Waals surface area contributed by atoms with E-state index in [1.165, 1.54) is 0 Å². The van der Waals surface area contributed by atoms with Crippen LogP contribution in [0.15, 0.2) is 140 Å². The SMILES string of the molecule is C=C/C=C(\C=C/C(C)c1nc(Nc2ccccc2Nc2ccccc2)nc2ccccc12)c1ccccc1. The molecule has 1 atom stereocenters. The molecule has 2 N–H and O–H groups in total. The first-order valence-corrected chi connectivity index (χ1v) is 12.7. The van der Waals surface area contributed by atoms with Crippen LogP contribution in [0, 0.1) is 0 Å². The molecule has 186 valence electrons. The van der Waals surface area contributed by atoms with Gasteiger partial charge in [0.25, 0.3) is 0 Å². The van der Waals surface area contributed by atoms with Crippen LogP contribution in [0.2, 0.25) is 0 Å². The normalized spacial score (nSPS) is 12.4. The molecule has 0 amide bonds. The quantitative estimate of drug-likeness (QED) is 0.201. The fourth-order valence-electron chi connectivity index (χ4n) is 4.35. The van der Waals surface area contributed by atoms with Crippen LogP contribution in [0.4, 0.5) is 23.0 Å². The van der Waals surface area contributed by atoms with E-state index in [9.17, 15) is 0 Å². The second-order valence-electron chi connectivity index (χ2n) is 8.98. The van der Waals surface area contributed by atoms with Crippen LogP contribution in [-0.2, 0) is 0 Å². The zero-order valence-electron chi connectivity index (χ0n) is 21.4. The van der Waals surface area contributed by atoms with Crippen molar-refractivity contribution in [3.63, 3.8) is 0 Å². The van der Waals surface area contributed by atoms with Crippen molar-refractivity contribution < 1.29 is 0 Å². The van der Waals surface area contributed by atoms with Crippen LogP contribution < -0.4 is 10.6 Å². The molecule has 0 aliphatic carbocycles. The van der Waals surface area contributed by atoms with Crippen LogP contribution in [0.25, 0.3) is 16.5 Å². The minimum absolute atomic E-state index is 0.0538. The van der Waals surface area contributed by atoms with Crippen molar-refractivity contribution >= 4 is 39.5 Å². The number of anilines is 4. The van der Waals surface area contributed by atoms with Crippen LogP contribution in [0.3, 0.4) is 0 Å². The lowest BCUT2D eigenvalue weighted by Gasteiger charge is -2.16. The number of para-hydroxylation sites is 4. The van der Waals surface area contributed by atoms with E-state index in [1.807, 2.05) is 103 Å². The average molecular weight is 495 g/mol. The van der Waals surface area contributed by atoms with E-state index in [2.05, 4.69) is 54.5 Å². The maximum absolute atomic E-state index is 5.00. The van der Waals surface area contributed by atoms with Gasteiger partial charge in [-0.2, -0.15) is 0 Å². The summed E-state index contributed by atoms with van der Waals surface area (Å²) in [7, 11) is 0. The monoisotopic (exact) mass is 494 g/mol. The number of aromatic nitrogens is 2. The maximum atomic E-state index is 5.00. The van der Waals surface area contributed by atoms with Crippen molar-refractivity contribution in [1.29, 1.82) is 0 Å². The van der Waals surface area contributed by atoms with Gasteiger partial charge in [-0.05, 0) is 41.5 Å². The summed E-state index contributed by atoms with van der Waals surface area (Å²) in [4.78, 5) is 9.84. The Morgan fingerprint density at radius 2 is 1.37 bits per heavy atom.